The van der Waals surface area contributed by atoms with Gasteiger partial charge in [-0.2, -0.15) is 0 Å². The zero-order valence-electron chi connectivity index (χ0n) is 9.66. The van der Waals surface area contributed by atoms with Crippen LogP contribution in [0.15, 0.2) is 24.3 Å². The highest BCUT2D eigenvalue weighted by atomic mass is 16.2. The van der Waals surface area contributed by atoms with Crippen molar-refractivity contribution in [1.82, 2.24) is 0 Å². The molecule has 0 unspecified atom stereocenters. The molecule has 1 N–H and O–H groups in total. The molecule has 1 saturated heterocycles. The SMILES string of the molecule is CC[C@H]1C[C@]2(C)Nc3ccccc3N2C1=O. The van der Waals surface area contributed by atoms with Gasteiger partial charge in [0.1, 0.15) is 5.66 Å². The van der Waals surface area contributed by atoms with E-state index in [2.05, 4.69) is 19.2 Å². The number of carbonyl (C=O) groups excluding carboxylic acids is 1. The van der Waals surface area contributed by atoms with Crippen molar-refractivity contribution in [3.8, 4) is 0 Å². The predicted molar refractivity (Wildman–Crippen MR) is 64.4 cm³/mol. The number of para-hydroxylation sites is 2. The minimum atomic E-state index is -0.207. The topological polar surface area (TPSA) is 32.3 Å². The zero-order valence-corrected chi connectivity index (χ0v) is 9.66. The first-order valence-electron chi connectivity index (χ1n) is 5.87. The molecule has 0 spiro atoms. The Morgan fingerprint density at radius 1 is 1.50 bits per heavy atom. The molecule has 1 aromatic carbocycles. The number of carbonyl (C=O) groups is 1. The van der Waals surface area contributed by atoms with Crippen molar-refractivity contribution in [2.24, 2.45) is 5.92 Å². The lowest BCUT2D eigenvalue weighted by Crippen LogP contribution is -2.44. The fourth-order valence-electron chi connectivity index (χ4n) is 2.96. The van der Waals surface area contributed by atoms with Gasteiger partial charge in [-0.05, 0) is 25.5 Å². The maximum atomic E-state index is 12.3. The lowest BCUT2D eigenvalue weighted by Gasteiger charge is -2.27. The summed E-state index contributed by atoms with van der Waals surface area (Å²) in [5.74, 6) is 0.438. The second-order valence-corrected chi connectivity index (χ2v) is 4.90. The van der Waals surface area contributed by atoms with E-state index in [1.165, 1.54) is 0 Å². The summed E-state index contributed by atoms with van der Waals surface area (Å²) in [6.45, 7) is 4.19. The third kappa shape index (κ3) is 1.06. The van der Waals surface area contributed by atoms with Gasteiger partial charge in [-0.3, -0.25) is 9.69 Å². The Balaban J connectivity index is 2.09. The molecule has 0 saturated carbocycles. The van der Waals surface area contributed by atoms with Gasteiger partial charge in [-0.1, -0.05) is 19.1 Å². The highest BCUT2D eigenvalue weighted by Crippen LogP contribution is 2.48. The summed E-state index contributed by atoms with van der Waals surface area (Å²) < 4.78 is 0. The summed E-state index contributed by atoms with van der Waals surface area (Å²) in [4.78, 5) is 14.2. The smallest absolute Gasteiger partial charge is 0.232 e. The summed E-state index contributed by atoms with van der Waals surface area (Å²) in [6.07, 6.45) is 1.83. The van der Waals surface area contributed by atoms with Gasteiger partial charge in [0, 0.05) is 12.3 Å². The first kappa shape index (κ1) is 9.70. The normalized spacial score (nSPS) is 31.2. The van der Waals surface area contributed by atoms with Crippen LogP contribution in [0.1, 0.15) is 26.7 Å². The molecular formula is C13H16N2O. The van der Waals surface area contributed by atoms with Crippen molar-refractivity contribution in [3.63, 3.8) is 0 Å². The van der Waals surface area contributed by atoms with Crippen LogP contribution in [0.5, 0.6) is 0 Å². The molecular weight excluding hydrogens is 200 g/mol. The number of hydrogen-bond acceptors (Lipinski definition) is 2. The lowest BCUT2D eigenvalue weighted by molar-refractivity contribution is -0.120. The molecule has 2 aliphatic rings. The molecule has 1 aromatic rings. The van der Waals surface area contributed by atoms with Crippen molar-refractivity contribution in [2.75, 3.05) is 10.2 Å². The minimum absolute atomic E-state index is 0.172. The molecule has 3 nitrogen and oxygen atoms in total. The van der Waals surface area contributed by atoms with Crippen LogP contribution < -0.4 is 10.2 Å². The van der Waals surface area contributed by atoms with Gasteiger partial charge in [0.25, 0.3) is 0 Å². The van der Waals surface area contributed by atoms with Crippen molar-refractivity contribution in [3.05, 3.63) is 24.3 Å². The second-order valence-electron chi connectivity index (χ2n) is 4.90. The van der Waals surface area contributed by atoms with E-state index in [-0.39, 0.29) is 17.5 Å². The van der Waals surface area contributed by atoms with E-state index in [4.69, 9.17) is 0 Å². The van der Waals surface area contributed by atoms with E-state index in [1.54, 1.807) is 0 Å². The number of nitrogens with one attached hydrogen (secondary N) is 1. The van der Waals surface area contributed by atoms with Gasteiger partial charge in [0.05, 0.1) is 11.4 Å². The molecule has 16 heavy (non-hydrogen) atoms. The molecule has 0 aromatic heterocycles. The standard InChI is InChI=1S/C13H16N2O/c1-3-9-8-13(2)14-10-6-4-5-7-11(10)15(13)12(9)16/h4-7,9,14H,3,8H2,1-2H3/t9-,13+/m0/s1. The summed E-state index contributed by atoms with van der Waals surface area (Å²) in [5, 5.41) is 3.47. The van der Waals surface area contributed by atoms with E-state index in [9.17, 15) is 4.79 Å². The van der Waals surface area contributed by atoms with Crippen LogP contribution in [-0.2, 0) is 4.79 Å². The Morgan fingerprint density at radius 2 is 2.25 bits per heavy atom. The molecule has 3 rings (SSSR count). The molecule has 1 fully saturated rings. The van der Waals surface area contributed by atoms with Gasteiger partial charge >= 0.3 is 0 Å². The molecule has 0 bridgehead atoms. The van der Waals surface area contributed by atoms with Crippen LogP contribution in [0.3, 0.4) is 0 Å². The van der Waals surface area contributed by atoms with E-state index >= 15 is 0 Å². The van der Waals surface area contributed by atoms with Crippen LogP contribution in [0, 0.1) is 5.92 Å². The number of benzene rings is 1. The number of amides is 1. The van der Waals surface area contributed by atoms with E-state index < -0.39 is 0 Å². The fraction of sp³-hybridized carbons (Fsp3) is 0.462. The van der Waals surface area contributed by atoms with E-state index in [1.807, 2.05) is 29.2 Å². The number of hydrogen-bond donors (Lipinski definition) is 1. The Morgan fingerprint density at radius 3 is 3.00 bits per heavy atom. The number of nitrogens with zero attached hydrogens (tertiary/aromatic N) is 1. The molecule has 3 heteroatoms. The van der Waals surface area contributed by atoms with Crippen LogP contribution in [0.4, 0.5) is 11.4 Å². The minimum Gasteiger partial charge on any atom is -0.361 e. The highest BCUT2D eigenvalue weighted by Gasteiger charge is 2.52. The molecule has 2 atom stereocenters. The van der Waals surface area contributed by atoms with E-state index in [0.29, 0.717) is 0 Å². The van der Waals surface area contributed by atoms with Crippen LogP contribution >= 0.6 is 0 Å². The summed E-state index contributed by atoms with van der Waals surface area (Å²) in [6, 6.07) is 8.04. The summed E-state index contributed by atoms with van der Waals surface area (Å²) in [7, 11) is 0. The largest absolute Gasteiger partial charge is 0.361 e. The van der Waals surface area contributed by atoms with Crippen molar-refractivity contribution < 1.29 is 4.79 Å². The number of rotatable bonds is 1. The molecule has 2 aliphatic heterocycles. The maximum absolute atomic E-state index is 12.3. The predicted octanol–water partition coefficient (Wildman–Crippen LogP) is 2.59. The fourth-order valence-corrected chi connectivity index (χ4v) is 2.96. The zero-order chi connectivity index (χ0) is 11.3. The van der Waals surface area contributed by atoms with Crippen LogP contribution in [0.2, 0.25) is 0 Å². The van der Waals surface area contributed by atoms with Crippen molar-refractivity contribution in [1.29, 1.82) is 0 Å². The van der Waals surface area contributed by atoms with Crippen LogP contribution in [0.25, 0.3) is 0 Å². The van der Waals surface area contributed by atoms with E-state index in [0.717, 1.165) is 24.2 Å². The average molecular weight is 216 g/mol. The van der Waals surface area contributed by atoms with Gasteiger partial charge in [0.2, 0.25) is 5.91 Å². The molecule has 0 radical (unpaired) electrons. The quantitative estimate of drug-likeness (QED) is 0.782. The third-order valence-corrected chi connectivity index (χ3v) is 3.75. The maximum Gasteiger partial charge on any atom is 0.232 e. The molecule has 0 aliphatic carbocycles. The molecule has 1 amide bonds. The van der Waals surface area contributed by atoms with Gasteiger partial charge in [0.15, 0.2) is 0 Å². The highest BCUT2D eigenvalue weighted by molar-refractivity contribution is 6.05. The van der Waals surface area contributed by atoms with Crippen molar-refractivity contribution in [2.45, 2.75) is 32.4 Å². The third-order valence-electron chi connectivity index (χ3n) is 3.75. The number of anilines is 2. The van der Waals surface area contributed by atoms with Gasteiger partial charge in [-0.25, -0.2) is 0 Å². The number of fused-ring (bicyclic) bond motifs is 3. The Bertz CT molecular complexity index is 457. The average Bonchev–Trinajstić information content (AvgIpc) is 2.69. The van der Waals surface area contributed by atoms with Gasteiger partial charge < -0.3 is 5.32 Å². The summed E-state index contributed by atoms with van der Waals surface area (Å²) in [5.41, 5.74) is 1.90. The Kier molecular flexibility index (Phi) is 1.82. The van der Waals surface area contributed by atoms with Gasteiger partial charge in [-0.15, -0.1) is 0 Å². The molecule has 84 valence electrons. The monoisotopic (exact) mass is 216 g/mol. The second kappa shape index (κ2) is 3.00. The van der Waals surface area contributed by atoms with Crippen molar-refractivity contribution >= 4 is 17.3 Å². The first-order chi connectivity index (χ1) is 7.65. The first-order valence-corrected chi connectivity index (χ1v) is 5.87. The van der Waals surface area contributed by atoms with Crippen LogP contribution in [-0.4, -0.2) is 11.6 Å². The summed E-state index contributed by atoms with van der Waals surface area (Å²) >= 11 is 0. The Labute approximate surface area is 95.4 Å². The lowest BCUT2D eigenvalue weighted by atomic mass is 9.99. The molecule has 2 heterocycles. The Hall–Kier alpha value is -1.51.